The van der Waals surface area contributed by atoms with E-state index < -0.39 is 6.10 Å². The summed E-state index contributed by atoms with van der Waals surface area (Å²) in [5.74, 6) is 0.822. The van der Waals surface area contributed by atoms with Crippen LogP contribution in [0.1, 0.15) is 23.1 Å². The highest BCUT2D eigenvalue weighted by atomic mass is 35.5. The molecule has 33 heavy (non-hydrogen) atoms. The average molecular weight is 465 g/mol. The molecule has 5 nitrogen and oxygen atoms in total. The topological polar surface area (TPSA) is 54.3 Å². The monoisotopic (exact) mass is 464 g/mol. The van der Waals surface area contributed by atoms with E-state index >= 15 is 0 Å². The van der Waals surface area contributed by atoms with E-state index in [0.29, 0.717) is 37.5 Å². The van der Waals surface area contributed by atoms with Gasteiger partial charge in [-0.2, -0.15) is 0 Å². The molecule has 3 aromatic rings. The molecule has 0 amide bonds. The number of ether oxygens (including phenoxy) is 1. The quantitative estimate of drug-likeness (QED) is 0.461. The second kappa shape index (κ2) is 11.3. The van der Waals surface area contributed by atoms with Crippen molar-refractivity contribution in [3.05, 3.63) is 101 Å². The maximum Gasteiger partial charge on any atom is 0.145 e. The molecular weight excluding hydrogens is 436 g/mol. The predicted octanol–water partition coefficient (Wildman–Crippen LogP) is 4.95. The number of aliphatic hydroxyl groups excluding tert-OH is 1. The first kappa shape index (κ1) is 23.3. The molecule has 0 spiro atoms. The van der Waals surface area contributed by atoms with Crippen LogP contribution in [0.4, 0.5) is 0 Å². The lowest BCUT2D eigenvalue weighted by molar-refractivity contribution is 0.0322. The van der Waals surface area contributed by atoms with E-state index in [2.05, 4.69) is 16.1 Å². The minimum absolute atomic E-state index is 0.0785. The first-order valence-electron chi connectivity index (χ1n) is 11.1. The molecular formula is C27H29ClN2O3. The van der Waals surface area contributed by atoms with Crippen molar-refractivity contribution in [3.63, 3.8) is 0 Å². The molecule has 0 bridgehead atoms. The number of aliphatic hydroxyl groups is 1. The molecule has 172 valence electrons. The molecule has 6 heteroatoms. The molecule has 1 heterocycles. The van der Waals surface area contributed by atoms with Crippen LogP contribution in [0.3, 0.4) is 0 Å². The highest BCUT2D eigenvalue weighted by Gasteiger charge is 2.26. The normalized spacial score (nSPS) is 16.4. The van der Waals surface area contributed by atoms with Gasteiger partial charge in [-0.05, 0) is 47.4 Å². The number of rotatable bonds is 10. The summed E-state index contributed by atoms with van der Waals surface area (Å²) in [7, 11) is 1.67. The minimum Gasteiger partial charge on any atom is -0.497 e. The zero-order chi connectivity index (χ0) is 23.0. The van der Waals surface area contributed by atoms with Gasteiger partial charge in [0.15, 0.2) is 0 Å². The molecule has 1 N–H and O–H groups in total. The summed E-state index contributed by atoms with van der Waals surface area (Å²) in [6.07, 6.45) is 0.750. The van der Waals surface area contributed by atoms with Gasteiger partial charge in [-0.25, -0.2) is 0 Å². The Hall–Kier alpha value is -2.86. The van der Waals surface area contributed by atoms with Crippen LogP contribution in [0.15, 0.2) is 84.0 Å². The van der Waals surface area contributed by atoms with Crippen molar-refractivity contribution in [2.45, 2.75) is 31.6 Å². The maximum absolute atomic E-state index is 10.8. The van der Waals surface area contributed by atoms with Gasteiger partial charge >= 0.3 is 0 Å². The number of halogens is 1. The highest BCUT2D eigenvalue weighted by molar-refractivity contribution is 6.30. The first-order chi connectivity index (χ1) is 16.1. The fraction of sp³-hybridized carbons (Fsp3) is 0.296. The molecule has 2 atom stereocenters. The molecule has 0 radical (unpaired) electrons. The Labute approximate surface area is 200 Å². The predicted molar refractivity (Wildman–Crippen MR) is 132 cm³/mol. The summed E-state index contributed by atoms with van der Waals surface area (Å²) in [5.41, 5.74) is 4.18. The summed E-state index contributed by atoms with van der Waals surface area (Å²) in [4.78, 5) is 8.00. The van der Waals surface area contributed by atoms with Gasteiger partial charge in [0.2, 0.25) is 0 Å². The van der Waals surface area contributed by atoms with Gasteiger partial charge in [-0.3, -0.25) is 4.90 Å². The first-order valence-corrected chi connectivity index (χ1v) is 11.5. The molecule has 0 unspecified atom stereocenters. The summed E-state index contributed by atoms with van der Waals surface area (Å²) in [5, 5.41) is 15.8. The zero-order valence-corrected chi connectivity index (χ0v) is 19.5. The number of hydrogen-bond acceptors (Lipinski definition) is 5. The largest absolute Gasteiger partial charge is 0.497 e. The van der Waals surface area contributed by atoms with Crippen molar-refractivity contribution in [1.82, 2.24) is 4.90 Å². The Kier molecular flexibility index (Phi) is 8.00. The van der Waals surface area contributed by atoms with Gasteiger partial charge in [0, 0.05) is 31.1 Å². The van der Waals surface area contributed by atoms with Crippen LogP contribution in [0.2, 0.25) is 5.02 Å². The van der Waals surface area contributed by atoms with Crippen LogP contribution in [0.5, 0.6) is 5.75 Å². The lowest BCUT2D eigenvalue weighted by atomic mass is 10.0. The zero-order valence-electron chi connectivity index (χ0n) is 18.7. The van der Waals surface area contributed by atoms with Crippen LogP contribution in [0, 0.1) is 0 Å². The van der Waals surface area contributed by atoms with E-state index in [1.807, 2.05) is 72.8 Å². The molecule has 4 rings (SSSR count). The lowest BCUT2D eigenvalue weighted by Crippen LogP contribution is -2.38. The van der Waals surface area contributed by atoms with E-state index in [4.69, 9.17) is 21.2 Å². The number of oxime groups is 1. The Morgan fingerprint density at radius 1 is 1.06 bits per heavy atom. The SMILES string of the molecule is COc1cccc(CN(C[C@@H](O)Cc2ccccc2)C[C@H]2CC(c3ccc(Cl)cc3)=NO2)c1. The van der Waals surface area contributed by atoms with Gasteiger partial charge < -0.3 is 14.7 Å². The van der Waals surface area contributed by atoms with Crippen molar-refractivity contribution in [1.29, 1.82) is 0 Å². The summed E-state index contributed by atoms with van der Waals surface area (Å²) >= 11 is 6.01. The molecule has 0 aliphatic carbocycles. The molecule has 0 fully saturated rings. The highest BCUT2D eigenvalue weighted by Crippen LogP contribution is 2.21. The summed E-state index contributed by atoms with van der Waals surface area (Å²) in [6.45, 7) is 1.87. The van der Waals surface area contributed by atoms with Crippen molar-refractivity contribution in [2.75, 3.05) is 20.2 Å². The van der Waals surface area contributed by atoms with Gasteiger partial charge in [0.1, 0.15) is 11.9 Å². The van der Waals surface area contributed by atoms with Crippen molar-refractivity contribution in [2.24, 2.45) is 5.16 Å². The maximum atomic E-state index is 10.8. The molecule has 3 aromatic carbocycles. The summed E-state index contributed by atoms with van der Waals surface area (Å²) in [6, 6.07) is 25.7. The van der Waals surface area contributed by atoms with Crippen molar-refractivity contribution >= 4 is 17.3 Å². The Morgan fingerprint density at radius 2 is 1.82 bits per heavy atom. The second-order valence-corrected chi connectivity index (χ2v) is 8.80. The van der Waals surface area contributed by atoms with E-state index in [0.717, 1.165) is 28.2 Å². The van der Waals surface area contributed by atoms with Crippen LogP contribution in [-0.4, -0.2) is 48.1 Å². The van der Waals surface area contributed by atoms with Crippen molar-refractivity contribution < 1.29 is 14.7 Å². The number of hydrogen-bond donors (Lipinski definition) is 1. The van der Waals surface area contributed by atoms with Gasteiger partial charge in [0.25, 0.3) is 0 Å². The lowest BCUT2D eigenvalue weighted by Gasteiger charge is -2.27. The van der Waals surface area contributed by atoms with Crippen LogP contribution in [0.25, 0.3) is 0 Å². The third-order valence-corrected chi connectivity index (χ3v) is 5.95. The molecule has 0 saturated carbocycles. The third kappa shape index (κ3) is 6.81. The van der Waals surface area contributed by atoms with E-state index in [9.17, 15) is 5.11 Å². The molecule has 1 aliphatic rings. The Balaban J connectivity index is 1.42. The fourth-order valence-electron chi connectivity index (χ4n) is 4.11. The number of nitrogens with zero attached hydrogens (tertiary/aromatic N) is 2. The van der Waals surface area contributed by atoms with E-state index in [-0.39, 0.29) is 6.10 Å². The van der Waals surface area contributed by atoms with E-state index in [1.165, 1.54) is 0 Å². The van der Waals surface area contributed by atoms with Gasteiger partial charge in [-0.1, -0.05) is 71.4 Å². The van der Waals surface area contributed by atoms with Crippen molar-refractivity contribution in [3.8, 4) is 5.75 Å². The van der Waals surface area contributed by atoms with Gasteiger partial charge in [-0.15, -0.1) is 0 Å². The summed E-state index contributed by atoms with van der Waals surface area (Å²) < 4.78 is 5.38. The van der Waals surface area contributed by atoms with Crippen LogP contribution < -0.4 is 4.74 Å². The Bertz CT molecular complexity index is 1060. The van der Waals surface area contributed by atoms with Gasteiger partial charge in [0.05, 0.1) is 18.9 Å². The number of methoxy groups -OCH3 is 1. The molecule has 0 aromatic heterocycles. The second-order valence-electron chi connectivity index (χ2n) is 8.37. The van der Waals surface area contributed by atoms with Crippen LogP contribution >= 0.6 is 11.6 Å². The minimum atomic E-state index is -0.490. The molecule has 0 saturated heterocycles. The smallest absolute Gasteiger partial charge is 0.145 e. The molecule has 1 aliphatic heterocycles. The standard InChI is InChI=1S/C27H29ClN2O3/c1-32-25-9-5-8-21(15-25)17-30(18-24(31)14-20-6-3-2-4-7-20)19-26-16-27(29-33-26)22-10-12-23(28)13-11-22/h2-13,15,24,26,31H,14,16-19H2,1H3/t24-,26+/m0/s1. The Morgan fingerprint density at radius 3 is 2.58 bits per heavy atom. The number of benzene rings is 3. The fourth-order valence-corrected chi connectivity index (χ4v) is 4.23. The van der Waals surface area contributed by atoms with E-state index in [1.54, 1.807) is 7.11 Å². The van der Waals surface area contributed by atoms with Crippen LogP contribution in [-0.2, 0) is 17.8 Å². The average Bonchev–Trinajstić information content (AvgIpc) is 3.28. The third-order valence-electron chi connectivity index (χ3n) is 5.70.